The highest BCUT2D eigenvalue weighted by Gasteiger charge is 2.23. The molecule has 1 atom stereocenters. The predicted molar refractivity (Wildman–Crippen MR) is 116 cm³/mol. The van der Waals surface area contributed by atoms with E-state index >= 15 is 0 Å². The molecular formula is C24H27FN4O2. The van der Waals surface area contributed by atoms with Gasteiger partial charge in [0.1, 0.15) is 5.82 Å². The zero-order valence-electron chi connectivity index (χ0n) is 17.5. The maximum absolute atomic E-state index is 13.0. The molecule has 162 valence electrons. The molecule has 0 bridgehead atoms. The third-order valence-corrected chi connectivity index (χ3v) is 5.65. The van der Waals surface area contributed by atoms with E-state index in [4.69, 9.17) is 4.52 Å². The van der Waals surface area contributed by atoms with E-state index in [0.717, 1.165) is 19.5 Å². The Kier molecular flexibility index (Phi) is 7.04. The van der Waals surface area contributed by atoms with Gasteiger partial charge in [-0.25, -0.2) is 4.39 Å². The van der Waals surface area contributed by atoms with Gasteiger partial charge in [-0.2, -0.15) is 4.98 Å². The van der Waals surface area contributed by atoms with Crippen molar-refractivity contribution in [3.05, 3.63) is 71.9 Å². The monoisotopic (exact) mass is 422 g/mol. The summed E-state index contributed by atoms with van der Waals surface area (Å²) < 4.78 is 18.3. The first-order valence-corrected chi connectivity index (χ1v) is 10.8. The summed E-state index contributed by atoms with van der Waals surface area (Å²) in [7, 11) is 0. The van der Waals surface area contributed by atoms with Crippen molar-refractivity contribution in [2.45, 2.75) is 44.7 Å². The molecule has 0 radical (unpaired) electrons. The van der Waals surface area contributed by atoms with Crippen molar-refractivity contribution in [3.8, 4) is 11.4 Å². The number of halogens is 1. The molecule has 1 N–H and O–H groups in total. The number of hydrogen-bond acceptors (Lipinski definition) is 5. The summed E-state index contributed by atoms with van der Waals surface area (Å²) in [5.41, 5.74) is 1.98. The summed E-state index contributed by atoms with van der Waals surface area (Å²) in [6.45, 7) is 2.62. The Morgan fingerprint density at radius 1 is 1.13 bits per heavy atom. The van der Waals surface area contributed by atoms with Gasteiger partial charge in [-0.3, -0.25) is 9.69 Å². The largest absolute Gasteiger partial charge is 0.355 e. The Balaban J connectivity index is 1.24. The van der Waals surface area contributed by atoms with Gasteiger partial charge in [-0.05, 0) is 49.2 Å². The second-order valence-corrected chi connectivity index (χ2v) is 7.93. The highest BCUT2D eigenvalue weighted by molar-refractivity contribution is 5.76. The Morgan fingerprint density at radius 3 is 2.74 bits per heavy atom. The fraction of sp³-hybridized carbons (Fsp3) is 0.375. The Hall–Kier alpha value is -3.06. The van der Waals surface area contributed by atoms with Gasteiger partial charge in [0.05, 0.1) is 0 Å². The van der Waals surface area contributed by atoms with E-state index in [-0.39, 0.29) is 18.1 Å². The van der Waals surface area contributed by atoms with Crippen LogP contribution < -0.4 is 5.32 Å². The molecule has 2 heterocycles. The van der Waals surface area contributed by atoms with Crippen molar-refractivity contribution in [1.82, 2.24) is 20.4 Å². The van der Waals surface area contributed by atoms with Crippen molar-refractivity contribution in [2.75, 3.05) is 13.1 Å². The lowest BCUT2D eigenvalue weighted by atomic mass is 10.0. The second-order valence-electron chi connectivity index (χ2n) is 7.93. The third kappa shape index (κ3) is 5.98. The number of carbonyl (C=O) groups is 1. The van der Waals surface area contributed by atoms with Gasteiger partial charge in [0, 0.05) is 37.5 Å². The number of benzene rings is 2. The summed E-state index contributed by atoms with van der Waals surface area (Å²) in [4.78, 5) is 19.1. The molecule has 4 rings (SSSR count). The highest BCUT2D eigenvalue weighted by Crippen LogP contribution is 2.20. The molecular weight excluding hydrogens is 395 g/mol. The zero-order chi connectivity index (χ0) is 21.5. The molecule has 1 fully saturated rings. The summed E-state index contributed by atoms with van der Waals surface area (Å²) in [5.74, 6) is 0.461. The van der Waals surface area contributed by atoms with Crippen LogP contribution in [0.15, 0.2) is 59.1 Å². The molecule has 0 saturated carbocycles. The number of likely N-dealkylation sites (tertiary alicyclic amines) is 1. The second kappa shape index (κ2) is 10.3. The van der Waals surface area contributed by atoms with Crippen molar-refractivity contribution in [2.24, 2.45) is 0 Å². The van der Waals surface area contributed by atoms with Crippen molar-refractivity contribution < 1.29 is 13.7 Å². The van der Waals surface area contributed by atoms with E-state index in [9.17, 15) is 9.18 Å². The van der Waals surface area contributed by atoms with Gasteiger partial charge in [0.2, 0.25) is 17.6 Å². The number of rotatable bonds is 8. The van der Waals surface area contributed by atoms with Gasteiger partial charge in [0.15, 0.2) is 0 Å². The Labute approximate surface area is 181 Å². The Bertz CT molecular complexity index is 975. The number of amides is 1. The topological polar surface area (TPSA) is 71.3 Å². The lowest BCUT2D eigenvalue weighted by Gasteiger charge is -2.35. The number of carbonyl (C=O) groups excluding carboxylic acids is 1. The molecule has 1 amide bonds. The van der Waals surface area contributed by atoms with Crippen LogP contribution in [0.4, 0.5) is 4.39 Å². The van der Waals surface area contributed by atoms with Gasteiger partial charge in [0.25, 0.3) is 0 Å². The molecule has 1 unspecified atom stereocenters. The van der Waals surface area contributed by atoms with E-state index < -0.39 is 0 Å². The molecule has 1 aliphatic heterocycles. The fourth-order valence-corrected chi connectivity index (χ4v) is 3.93. The SMILES string of the molecule is O=C(CCc1nc(-c2ccc(F)cc2)no1)NCC1CCCCN1Cc1ccccc1. The first-order chi connectivity index (χ1) is 15.2. The maximum atomic E-state index is 13.0. The Morgan fingerprint density at radius 2 is 1.94 bits per heavy atom. The summed E-state index contributed by atoms with van der Waals surface area (Å²) >= 11 is 0. The molecule has 31 heavy (non-hydrogen) atoms. The van der Waals surface area contributed by atoms with Crippen LogP contribution >= 0.6 is 0 Å². The van der Waals surface area contributed by atoms with Gasteiger partial charge < -0.3 is 9.84 Å². The molecule has 6 nitrogen and oxygen atoms in total. The van der Waals surface area contributed by atoms with E-state index in [1.807, 2.05) is 6.07 Å². The lowest BCUT2D eigenvalue weighted by Crippen LogP contribution is -2.46. The smallest absolute Gasteiger partial charge is 0.227 e. The molecule has 2 aromatic carbocycles. The van der Waals surface area contributed by atoms with E-state index in [0.29, 0.717) is 36.3 Å². The minimum Gasteiger partial charge on any atom is -0.355 e. The number of aromatic nitrogens is 2. The van der Waals surface area contributed by atoms with Gasteiger partial charge in [-0.15, -0.1) is 0 Å². The summed E-state index contributed by atoms with van der Waals surface area (Å²) in [6, 6.07) is 16.7. The highest BCUT2D eigenvalue weighted by atomic mass is 19.1. The first-order valence-electron chi connectivity index (χ1n) is 10.8. The zero-order valence-corrected chi connectivity index (χ0v) is 17.5. The number of piperidine rings is 1. The van der Waals surface area contributed by atoms with Crippen molar-refractivity contribution in [1.29, 1.82) is 0 Å². The van der Waals surface area contributed by atoms with Crippen LogP contribution in [0.2, 0.25) is 0 Å². The molecule has 1 aromatic heterocycles. The van der Waals surface area contributed by atoms with Crippen LogP contribution in [-0.2, 0) is 17.8 Å². The number of nitrogens with one attached hydrogen (secondary N) is 1. The fourth-order valence-electron chi connectivity index (χ4n) is 3.93. The molecule has 1 aliphatic rings. The van der Waals surface area contributed by atoms with Gasteiger partial charge in [-0.1, -0.05) is 41.9 Å². The van der Waals surface area contributed by atoms with Crippen LogP contribution in [0, 0.1) is 5.82 Å². The normalized spacial score (nSPS) is 16.9. The summed E-state index contributed by atoms with van der Waals surface area (Å²) in [5, 5.41) is 6.99. The average molecular weight is 423 g/mol. The van der Waals surface area contributed by atoms with E-state index in [2.05, 4.69) is 44.6 Å². The first kappa shape index (κ1) is 21.2. The number of aryl methyl sites for hydroxylation is 1. The van der Waals surface area contributed by atoms with Crippen LogP contribution in [0.3, 0.4) is 0 Å². The third-order valence-electron chi connectivity index (χ3n) is 5.65. The summed E-state index contributed by atoms with van der Waals surface area (Å²) in [6.07, 6.45) is 4.15. The maximum Gasteiger partial charge on any atom is 0.227 e. The van der Waals surface area contributed by atoms with Crippen LogP contribution in [0.5, 0.6) is 0 Å². The standard InChI is InChI=1S/C24H27FN4O2/c25-20-11-9-19(10-12-20)24-27-23(31-28-24)14-13-22(30)26-16-21-8-4-5-15-29(21)17-18-6-2-1-3-7-18/h1-3,6-7,9-12,21H,4-5,8,13-17H2,(H,26,30). The average Bonchev–Trinajstić information content (AvgIpc) is 3.27. The van der Waals surface area contributed by atoms with Crippen molar-refractivity contribution in [3.63, 3.8) is 0 Å². The lowest BCUT2D eigenvalue weighted by molar-refractivity contribution is -0.121. The molecule has 7 heteroatoms. The van der Waals surface area contributed by atoms with Crippen molar-refractivity contribution >= 4 is 5.91 Å². The minimum atomic E-state index is -0.315. The van der Waals surface area contributed by atoms with E-state index in [1.54, 1.807) is 12.1 Å². The van der Waals surface area contributed by atoms with E-state index in [1.165, 1.54) is 30.5 Å². The predicted octanol–water partition coefficient (Wildman–Crippen LogP) is 3.98. The van der Waals surface area contributed by atoms with Crippen LogP contribution in [0.1, 0.15) is 37.1 Å². The minimum absolute atomic E-state index is 0.0215. The van der Waals surface area contributed by atoms with Crippen LogP contribution in [0.25, 0.3) is 11.4 Å². The quantitative estimate of drug-likeness (QED) is 0.595. The number of nitrogens with zero attached hydrogens (tertiary/aromatic N) is 3. The van der Waals surface area contributed by atoms with Gasteiger partial charge >= 0.3 is 0 Å². The number of hydrogen-bond donors (Lipinski definition) is 1. The molecule has 0 aliphatic carbocycles. The molecule has 1 saturated heterocycles. The molecule has 0 spiro atoms. The van der Waals surface area contributed by atoms with Crippen LogP contribution in [-0.4, -0.2) is 40.1 Å². The molecule has 3 aromatic rings.